The number of carboxylic acids is 1. The highest BCUT2D eigenvalue weighted by atomic mass is 16.4. The van der Waals surface area contributed by atoms with Gasteiger partial charge in [-0.25, -0.2) is 9.78 Å². The topological polar surface area (TPSA) is 95.1 Å². The molecule has 3 rings (SSSR count). The van der Waals surface area contributed by atoms with Gasteiger partial charge in [-0.2, -0.15) is 0 Å². The van der Waals surface area contributed by atoms with Crippen LogP contribution in [0, 0.1) is 0 Å². The van der Waals surface area contributed by atoms with E-state index in [0.717, 1.165) is 18.4 Å². The second-order valence-corrected chi connectivity index (χ2v) is 4.69. The zero-order valence-electron chi connectivity index (χ0n) is 10.6. The van der Waals surface area contributed by atoms with Crippen molar-refractivity contribution in [2.45, 2.75) is 18.9 Å². The second-order valence-electron chi connectivity index (χ2n) is 4.69. The quantitative estimate of drug-likeness (QED) is 0.788. The van der Waals surface area contributed by atoms with Crippen molar-refractivity contribution in [3.05, 3.63) is 53.1 Å². The van der Waals surface area contributed by atoms with Crippen LogP contribution in [-0.4, -0.2) is 27.0 Å². The Kier molecular flexibility index (Phi) is 2.98. The molecule has 0 bridgehead atoms. The van der Waals surface area contributed by atoms with Crippen LogP contribution < -0.4 is 5.32 Å². The predicted octanol–water partition coefficient (Wildman–Crippen LogP) is 1.53. The van der Waals surface area contributed by atoms with Crippen LogP contribution in [0.2, 0.25) is 0 Å². The fraction of sp³-hybridized carbons (Fsp3) is 0.214. The summed E-state index contributed by atoms with van der Waals surface area (Å²) >= 11 is 0. The van der Waals surface area contributed by atoms with E-state index in [2.05, 4.69) is 15.3 Å². The van der Waals surface area contributed by atoms with E-state index in [9.17, 15) is 9.59 Å². The molecule has 0 saturated carbocycles. The average molecular weight is 271 g/mol. The minimum Gasteiger partial charge on any atom is -0.477 e. The van der Waals surface area contributed by atoms with E-state index in [1.807, 2.05) is 24.3 Å². The van der Waals surface area contributed by atoms with Crippen LogP contribution in [0.1, 0.15) is 44.6 Å². The summed E-state index contributed by atoms with van der Waals surface area (Å²) in [5.41, 5.74) is 2.04. The number of benzene rings is 1. The predicted molar refractivity (Wildman–Crippen MR) is 70.5 cm³/mol. The highest BCUT2D eigenvalue weighted by molar-refractivity contribution is 6.02. The molecule has 102 valence electrons. The zero-order chi connectivity index (χ0) is 14.1. The van der Waals surface area contributed by atoms with E-state index in [4.69, 9.17) is 5.11 Å². The van der Waals surface area contributed by atoms with Crippen LogP contribution >= 0.6 is 0 Å². The number of aromatic amines is 1. The molecule has 6 nitrogen and oxygen atoms in total. The number of aryl methyl sites for hydroxylation is 1. The SMILES string of the molecule is O=C(NC1CCc2ccccc21)c1nc[nH]c1C(=O)O. The van der Waals surface area contributed by atoms with Crippen molar-refractivity contribution in [2.75, 3.05) is 0 Å². The number of nitrogens with one attached hydrogen (secondary N) is 2. The first kappa shape index (κ1) is 12.4. The Hall–Kier alpha value is -2.63. The maximum absolute atomic E-state index is 12.1. The molecule has 20 heavy (non-hydrogen) atoms. The third-order valence-electron chi connectivity index (χ3n) is 3.51. The van der Waals surface area contributed by atoms with Gasteiger partial charge in [0.25, 0.3) is 5.91 Å². The van der Waals surface area contributed by atoms with E-state index in [1.165, 1.54) is 11.9 Å². The second kappa shape index (κ2) is 4.80. The molecule has 0 radical (unpaired) electrons. The molecule has 1 amide bonds. The summed E-state index contributed by atoms with van der Waals surface area (Å²) < 4.78 is 0. The van der Waals surface area contributed by atoms with Crippen LogP contribution in [0.4, 0.5) is 0 Å². The van der Waals surface area contributed by atoms with Crippen molar-refractivity contribution in [2.24, 2.45) is 0 Å². The minimum atomic E-state index is -1.19. The van der Waals surface area contributed by atoms with Crippen LogP contribution in [0.25, 0.3) is 0 Å². The third-order valence-corrected chi connectivity index (χ3v) is 3.51. The molecular formula is C14H13N3O3. The van der Waals surface area contributed by atoms with Gasteiger partial charge in [-0.1, -0.05) is 24.3 Å². The van der Waals surface area contributed by atoms with Crippen molar-refractivity contribution in [3.63, 3.8) is 0 Å². The first-order valence-corrected chi connectivity index (χ1v) is 6.32. The first-order valence-electron chi connectivity index (χ1n) is 6.32. The summed E-state index contributed by atoms with van der Waals surface area (Å²) in [6.07, 6.45) is 2.94. The lowest BCUT2D eigenvalue weighted by Crippen LogP contribution is -2.28. The lowest BCUT2D eigenvalue weighted by Gasteiger charge is -2.13. The molecule has 2 aromatic rings. The van der Waals surface area contributed by atoms with E-state index in [0.29, 0.717) is 0 Å². The average Bonchev–Trinajstić information content (AvgIpc) is 3.06. The number of H-pyrrole nitrogens is 1. The van der Waals surface area contributed by atoms with Crippen molar-refractivity contribution < 1.29 is 14.7 Å². The van der Waals surface area contributed by atoms with Gasteiger partial charge in [-0.05, 0) is 24.0 Å². The maximum Gasteiger partial charge on any atom is 0.354 e. The summed E-state index contributed by atoms with van der Waals surface area (Å²) in [7, 11) is 0. The normalized spacial score (nSPS) is 16.7. The number of aromatic carboxylic acids is 1. The van der Waals surface area contributed by atoms with Crippen LogP contribution in [0.5, 0.6) is 0 Å². The first-order chi connectivity index (χ1) is 9.66. The zero-order valence-corrected chi connectivity index (χ0v) is 10.6. The van der Waals surface area contributed by atoms with Gasteiger partial charge in [0.2, 0.25) is 0 Å². The van der Waals surface area contributed by atoms with Gasteiger partial charge in [-0.3, -0.25) is 4.79 Å². The summed E-state index contributed by atoms with van der Waals surface area (Å²) in [6, 6.07) is 7.84. The third kappa shape index (κ3) is 2.05. The number of carbonyl (C=O) groups is 2. The summed E-state index contributed by atoms with van der Waals surface area (Å²) in [4.78, 5) is 29.4. The standard InChI is InChI=1S/C14H13N3O3/c18-13(11-12(14(19)20)16-7-15-11)17-10-6-5-8-3-1-2-4-9(8)10/h1-4,7,10H,5-6H2,(H,15,16)(H,17,18)(H,19,20). The van der Waals surface area contributed by atoms with Gasteiger partial charge in [0.05, 0.1) is 12.4 Å². The maximum atomic E-state index is 12.1. The number of nitrogens with zero attached hydrogens (tertiary/aromatic N) is 1. The van der Waals surface area contributed by atoms with Crippen LogP contribution in [0.3, 0.4) is 0 Å². The van der Waals surface area contributed by atoms with Crippen LogP contribution in [0.15, 0.2) is 30.6 Å². The molecule has 1 aromatic carbocycles. The Bertz CT molecular complexity index is 678. The smallest absolute Gasteiger partial charge is 0.354 e. The molecule has 0 saturated heterocycles. The van der Waals surface area contributed by atoms with E-state index < -0.39 is 11.9 Å². The fourth-order valence-electron chi connectivity index (χ4n) is 2.56. The van der Waals surface area contributed by atoms with Crippen molar-refractivity contribution in [3.8, 4) is 0 Å². The van der Waals surface area contributed by atoms with Gasteiger partial charge in [0.1, 0.15) is 0 Å². The molecule has 1 heterocycles. The minimum absolute atomic E-state index is 0.0816. The number of hydrogen-bond acceptors (Lipinski definition) is 3. The van der Waals surface area contributed by atoms with E-state index in [1.54, 1.807) is 0 Å². The van der Waals surface area contributed by atoms with Crippen molar-refractivity contribution in [1.82, 2.24) is 15.3 Å². The number of hydrogen-bond donors (Lipinski definition) is 3. The molecule has 1 unspecified atom stereocenters. The Labute approximate surface area is 114 Å². The Morgan fingerprint density at radius 1 is 1.35 bits per heavy atom. The lowest BCUT2D eigenvalue weighted by molar-refractivity contribution is 0.0684. The van der Waals surface area contributed by atoms with Gasteiger partial charge in [0.15, 0.2) is 11.4 Å². The number of amides is 1. The van der Waals surface area contributed by atoms with E-state index in [-0.39, 0.29) is 17.4 Å². The van der Waals surface area contributed by atoms with Crippen molar-refractivity contribution in [1.29, 1.82) is 0 Å². The molecule has 3 N–H and O–H groups in total. The Morgan fingerprint density at radius 3 is 2.95 bits per heavy atom. The summed E-state index contributed by atoms with van der Waals surface area (Å²) in [5, 5.41) is 11.8. The lowest BCUT2D eigenvalue weighted by atomic mass is 10.1. The number of carbonyl (C=O) groups excluding carboxylic acids is 1. The number of rotatable bonds is 3. The highest BCUT2D eigenvalue weighted by Gasteiger charge is 2.26. The van der Waals surface area contributed by atoms with Gasteiger partial charge in [0, 0.05) is 0 Å². The monoisotopic (exact) mass is 271 g/mol. The summed E-state index contributed by atoms with van der Waals surface area (Å²) in [6.45, 7) is 0. The molecule has 1 aliphatic rings. The fourth-order valence-corrected chi connectivity index (χ4v) is 2.56. The number of carboxylic acid groups (broad SMARTS) is 1. The largest absolute Gasteiger partial charge is 0.477 e. The molecular weight excluding hydrogens is 258 g/mol. The number of aromatic nitrogens is 2. The molecule has 1 aromatic heterocycles. The molecule has 0 aliphatic heterocycles. The van der Waals surface area contributed by atoms with Crippen molar-refractivity contribution >= 4 is 11.9 Å². The molecule has 0 fully saturated rings. The summed E-state index contributed by atoms with van der Waals surface area (Å²) in [5.74, 6) is -1.66. The molecule has 1 aliphatic carbocycles. The molecule has 6 heteroatoms. The van der Waals surface area contributed by atoms with Crippen LogP contribution in [-0.2, 0) is 6.42 Å². The Balaban J connectivity index is 1.81. The molecule has 0 spiro atoms. The Morgan fingerprint density at radius 2 is 2.15 bits per heavy atom. The number of imidazole rings is 1. The van der Waals surface area contributed by atoms with E-state index >= 15 is 0 Å². The van der Waals surface area contributed by atoms with Gasteiger partial charge in [-0.15, -0.1) is 0 Å². The highest BCUT2D eigenvalue weighted by Crippen LogP contribution is 2.30. The molecule has 1 atom stereocenters. The van der Waals surface area contributed by atoms with Gasteiger partial charge >= 0.3 is 5.97 Å². The number of fused-ring (bicyclic) bond motifs is 1. The van der Waals surface area contributed by atoms with Gasteiger partial charge < -0.3 is 15.4 Å².